The molecule has 0 radical (unpaired) electrons. The molecule has 3 heterocycles. The van der Waals surface area contributed by atoms with E-state index in [0.29, 0.717) is 36.4 Å². The number of thiophene rings is 1. The van der Waals surface area contributed by atoms with Gasteiger partial charge >= 0.3 is 0 Å². The fraction of sp³-hybridized carbons (Fsp3) is 0.444. The maximum Gasteiger partial charge on any atom is 0.258 e. The second-order valence-electron chi connectivity index (χ2n) is 7.00. The van der Waals surface area contributed by atoms with Gasteiger partial charge in [0, 0.05) is 25.0 Å². The van der Waals surface area contributed by atoms with Crippen molar-refractivity contribution in [1.29, 1.82) is 0 Å². The highest BCUT2D eigenvalue weighted by Gasteiger charge is 2.33. The molecule has 0 fully saturated rings. The van der Waals surface area contributed by atoms with Crippen molar-refractivity contribution in [3.8, 4) is 0 Å². The van der Waals surface area contributed by atoms with E-state index in [9.17, 15) is 9.59 Å². The number of nitrogens with one attached hydrogen (secondary N) is 1. The minimum Gasteiger partial charge on any atom is -0.468 e. The smallest absolute Gasteiger partial charge is 0.258 e. The first-order valence-electron chi connectivity index (χ1n) is 8.09. The van der Waals surface area contributed by atoms with Gasteiger partial charge < -0.3 is 14.6 Å². The van der Waals surface area contributed by atoms with E-state index in [4.69, 9.17) is 4.42 Å². The van der Waals surface area contributed by atoms with Gasteiger partial charge in [-0.25, -0.2) is 0 Å². The van der Waals surface area contributed by atoms with Crippen LogP contribution in [0.15, 0.2) is 27.5 Å². The van der Waals surface area contributed by atoms with Crippen LogP contribution in [0.5, 0.6) is 0 Å². The van der Waals surface area contributed by atoms with Gasteiger partial charge in [0.25, 0.3) is 11.8 Å². The molecule has 5 nitrogen and oxygen atoms in total. The molecule has 0 aromatic carbocycles. The first-order chi connectivity index (χ1) is 11.4. The van der Waals surface area contributed by atoms with Crippen LogP contribution in [-0.2, 0) is 13.0 Å². The second kappa shape index (κ2) is 6.43. The summed E-state index contributed by atoms with van der Waals surface area (Å²) in [7, 11) is 0. The van der Waals surface area contributed by atoms with Crippen molar-refractivity contribution in [2.45, 2.75) is 45.7 Å². The number of carbonyl (C=O) groups excluding carboxylic acids is 2. The predicted octanol–water partition coefficient (Wildman–Crippen LogP) is 3.46. The molecule has 1 aliphatic heterocycles. The van der Waals surface area contributed by atoms with Gasteiger partial charge in [0.05, 0.1) is 11.1 Å². The average Bonchev–Trinajstić information content (AvgIpc) is 3.13. The van der Waals surface area contributed by atoms with Crippen molar-refractivity contribution in [2.24, 2.45) is 0 Å². The lowest BCUT2D eigenvalue weighted by Gasteiger charge is -2.35. The maximum atomic E-state index is 13.2. The largest absolute Gasteiger partial charge is 0.468 e. The summed E-state index contributed by atoms with van der Waals surface area (Å²) >= 11 is 1.61. The van der Waals surface area contributed by atoms with Gasteiger partial charge in [0.1, 0.15) is 12.0 Å². The monoisotopic (exact) mass is 346 g/mol. The van der Waals surface area contributed by atoms with Crippen LogP contribution in [0.25, 0.3) is 0 Å². The molecule has 2 aromatic rings. The first-order valence-corrected chi connectivity index (χ1v) is 9.04. The molecule has 1 N–H and O–H groups in total. The van der Waals surface area contributed by atoms with Crippen LogP contribution in [0.2, 0.25) is 0 Å². The van der Waals surface area contributed by atoms with E-state index >= 15 is 0 Å². The summed E-state index contributed by atoms with van der Waals surface area (Å²) in [6.45, 7) is 7.10. The molecular weight excluding hydrogens is 324 g/mol. The molecule has 24 heavy (non-hydrogen) atoms. The van der Waals surface area contributed by atoms with E-state index in [-0.39, 0.29) is 17.4 Å². The Morgan fingerprint density at radius 2 is 2.21 bits per heavy atom. The molecule has 0 atom stereocenters. The third-order valence-corrected chi connectivity index (χ3v) is 4.90. The van der Waals surface area contributed by atoms with E-state index in [1.54, 1.807) is 16.2 Å². The number of rotatable bonds is 3. The number of hydrogen-bond acceptors (Lipinski definition) is 4. The predicted molar refractivity (Wildman–Crippen MR) is 93.3 cm³/mol. The fourth-order valence-electron chi connectivity index (χ4n) is 2.85. The van der Waals surface area contributed by atoms with Gasteiger partial charge in [-0.1, -0.05) is 0 Å². The summed E-state index contributed by atoms with van der Waals surface area (Å²) in [6, 6.07) is 2.01. The Morgan fingerprint density at radius 1 is 1.42 bits per heavy atom. The third kappa shape index (κ3) is 3.24. The number of aryl methyl sites for hydroxylation is 1. The average molecular weight is 346 g/mol. The number of amides is 2. The lowest BCUT2D eigenvalue weighted by Crippen LogP contribution is -2.45. The molecule has 3 rings (SSSR count). The zero-order chi connectivity index (χ0) is 17.3. The zero-order valence-electron chi connectivity index (χ0n) is 14.2. The van der Waals surface area contributed by atoms with Crippen LogP contribution in [0.1, 0.15) is 59.2 Å². The molecule has 0 saturated heterocycles. The molecule has 2 amide bonds. The highest BCUT2D eigenvalue weighted by Crippen LogP contribution is 2.27. The van der Waals surface area contributed by atoms with Crippen LogP contribution in [-0.4, -0.2) is 28.8 Å². The fourth-order valence-corrected chi connectivity index (χ4v) is 3.51. The van der Waals surface area contributed by atoms with E-state index in [1.165, 1.54) is 6.26 Å². The summed E-state index contributed by atoms with van der Waals surface area (Å²) in [5.41, 5.74) is 1.47. The highest BCUT2D eigenvalue weighted by molar-refractivity contribution is 7.07. The molecule has 2 aromatic heterocycles. The number of carbonyl (C=O) groups is 2. The molecule has 0 aliphatic carbocycles. The van der Waals surface area contributed by atoms with Crippen molar-refractivity contribution in [3.05, 3.63) is 45.5 Å². The van der Waals surface area contributed by atoms with Crippen molar-refractivity contribution in [1.82, 2.24) is 10.2 Å². The maximum absolute atomic E-state index is 13.2. The van der Waals surface area contributed by atoms with Gasteiger partial charge in [-0.2, -0.15) is 11.3 Å². The standard InChI is InChI=1S/C18H22N2O3S/c1-18(2,3)20(9-12-6-8-24-11-12)17(22)13-10-23-14-5-4-7-19-16(21)15(13)14/h6,8,10-11H,4-5,7,9H2,1-3H3,(H,19,21). The quantitative estimate of drug-likeness (QED) is 0.926. The molecule has 0 bridgehead atoms. The normalized spacial score (nSPS) is 14.7. The van der Waals surface area contributed by atoms with Gasteiger partial charge in [0.15, 0.2) is 0 Å². The summed E-state index contributed by atoms with van der Waals surface area (Å²) in [5, 5.41) is 6.87. The van der Waals surface area contributed by atoms with Crippen molar-refractivity contribution < 1.29 is 14.0 Å². The van der Waals surface area contributed by atoms with Crippen LogP contribution in [0, 0.1) is 0 Å². The van der Waals surface area contributed by atoms with Crippen molar-refractivity contribution >= 4 is 23.2 Å². The molecule has 0 spiro atoms. The molecule has 6 heteroatoms. The second-order valence-corrected chi connectivity index (χ2v) is 7.78. The van der Waals surface area contributed by atoms with Gasteiger partial charge in [0.2, 0.25) is 0 Å². The Hall–Kier alpha value is -2.08. The number of nitrogens with zero attached hydrogens (tertiary/aromatic N) is 1. The lowest BCUT2D eigenvalue weighted by atomic mass is 10.0. The molecule has 0 unspecified atom stereocenters. The number of fused-ring (bicyclic) bond motifs is 1. The Morgan fingerprint density at radius 3 is 2.88 bits per heavy atom. The molecule has 1 aliphatic rings. The van der Waals surface area contributed by atoms with Crippen molar-refractivity contribution in [3.63, 3.8) is 0 Å². The zero-order valence-corrected chi connectivity index (χ0v) is 15.0. The molecule has 0 saturated carbocycles. The van der Waals surface area contributed by atoms with E-state index in [1.807, 2.05) is 37.6 Å². The van der Waals surface area contributed by atoms with E-state index < -0.39 is 0 Å². The lowest BCUT2D eigenvalue weighted by molar-refractivity contribution is 0.0555. The van der Waals surface area contributed by atoms with Gasteiger partial charge in [-0.05, 0) is 49.6 Å². The minimum atomic E-state index is -0.371. The van der Waals surface area contributed by atoms with Crippen LogP contribution >= 0.6 is 11.3 Å². The number of hydrogen-bond donors (Lipinski definition) is 1. The first kappa shape index (κ1) is 16.8. The molecule has 128 valence electrons. The van der Waals surface area contributed by atoms with Crippen LogP contribution in [0.3, 0.4) is 0 Å². The summed E-state index contributed by atoms with van der Waals surface area (Å²) in [6.07, 6.45) is 2.92. The Bertz CT molecular complexity index is 741. The van der Waals surface area contributed by atoms with E-state index in [0.717, 1.165) is 12.0 Å². The third-order valence-electron chi connectivity index (χ3n) is 4.17. The van der Waals surface area contributed by atoms with Gasteiger partial charge in [-0.15, -0.1) is 0 Å². The Kier molecular flexibility index (Phi) is 4.49. The minimum absolute atomic E-state index is 0.171. The SMILES string of the molecule is CC(C)(C)N(Cc1ccsc1)C(=O)c1coc2c1C(=O)NCCC2. The summed E-state index contributed by atoms with van der Waals surface area (Å²) in [4.78, 5) is 27.3. The van der Waals surface area contributed by atoms with E-state index in [2.05, 4.69) is 5.32 Å². The van der Waals surface area contributed by atoms with Gasteiger partial charge in [-0.3, -0.25) is 9.59 Å². The Balaban J connectivity index is 1.96. The topological polar surface area (TPSA) is 62.6 Å². The van der Waals surface area contributed by atoms with Crippen LogP contribution in [0.4, 0.5) is 0 Å². The highest BCUT2D eigenvalue weighted by atomic mass is 32.1. The van der Waals surface area contributed by atoms with Crippen LogP contribution < -0.4 is 5.32 Å². The molecular formula is C18H22N2O3S. The summed E-state index contributed by atoms with van der Waals surface area (Å²) < 4.78 is 5.55. The Labute approximate surface area is 145 Å². The van der Waals surface area contributed by atoms with Crippen molar-refractivity contribution in [2.75, 3.05) is 6.54 Å². The number of furan rings is 1. The summed E-state index contributed by atoms with van der Waals surface area (Å²) in [5.74, 6) is 0.220.